The van der Waals surface area contributed by atoms with Crippen LogP contribution in [0.5, 0.6) is 5.75 Å². The first-order chi connectivity index (χ1) is 29.4. The molecule has 5 rings (SSSR count). The van der Waals surface area contributed by atoms with Crippen molar-refractivity contribution in [2.75, 3.05) is 6.54 Å². The topological polar surface area (TPSA) is 287 Å². The third-order valence-corrected chi connectivity index (χ3v) is 9.75. The maximum Gasteiger partial charge on any atom is 0.408 e. The fraction of sp³-hybridized carbons (Fsp3) is 0.341. The minimum absolute atomic E-state index is 0.00277. The van der Waals surface area contributed by atoms with E-state index in [9.17, 15) is 43.8 Å². The number of hydrogen-bond donors (Lipinski definition) is 10. The summed E-state index contributed by atoms with van der Waals surface area (Å²) in [6.07, 6.45) is 0.413. The van der Waals surface area contributed by atoms with E-state index in [0.29, 0.717) is 28.5 Å². The van der Waals surface area contributed by atoms with Gasteiger partial charge >= 0.3 is 12.1 Å². The van der Waals surface area contributed by atoms with Gasteiger partial charge < -0.3 is 57.2 Å². The van der Waals surface area contributed by atoms with Crippen molar-refractivity contribution in [1.82, 2.24) is 36.6 Å². The zero-order valence-corrected chi connectivity index (χ0v) is 34.6. The quantitative estimate of drug-likeness (QED) is 0.0511. The molecule has 2 aromatic heterocycles. The van der Waals surface area contributed by atoms with E-state index in [1.54, 1.807) is 69.4 Å². The van der Waals surface area contributed by atoms with E-state index in [1.165, 1.54) is 12.1 Å². The van der Waals surface area contributed by atoms with Gasteiger partial charge in [0.2, 0.25) is 23.6 Å². The SMILES string of the molecule is CC(C)(C)OC(=O)N[C@@H](Cc1c[nH]c2ccccc12)C(=O)N[C@@H](CCCCNC(=O)c1cc2cc(O)ccc2[nH]1)C(=O)N[C@@H](CC(=O)O)C(=O)N[C@@H](Cc1ccccc1)C(N)=O. The van der Waals surface area contributed by atoms with Gasteiger partial charge in [-0.05, 0) is 81.5 Å². The number of amides is 6. The second kappa shape index (κ2) is 20.7. The number of benzene rings is 3. The molecule has 0 saturated carbocycles. The molecule has 0 bridgehead atoms. The maximum atomic E-state index is 14.2. The summed E-state index contributed by atoms with van der Waals surface area (Å²) < 4.78 is 5.45. The second-order valence-corrected chi connectivity index (χ2v) is 15.8. The van der Waals surface area contributed by atoms with E-state index in [4.69, 9.17) is 10.5 Å². The number of phenols is 1. The lowest BCUT2D eigenvalue weighted by atomic mass is 10.0. The summed E-state index contributed by atoms with van der Waals surface area (Å²) in [5.74, 6) is -5.39. The van der Waals surface area contributed by atoms with Gasteiger partial charge in [0, 0.05) is 47.4 Å². The Morgan fingerprint density at radius 3 is 2.11 bits per heavy atom. The molecule has 18 nitrogen and oxygen atoms in total. The molecule has 0 aliphatic rings. The second-order valence-electron chi connectivity index (χ2n) is 15.8. The van der Waals surface area contributed by atoms with Gasteiger partial charge in [-0.25, -0.2) is 4.79 Å². The molecular weight excluding hydrogens is 801 g/mol. The number of rotatable bonds is 20. The largest absolute Gasteiger partial charge is 0.508 e. The third-order valence-electron chi connectivity index (χ3n) is 9.75. The van der Waals surface area contributed by atoms with Crippen molar-refractivity contribution in [2.24, 2.45) is 5.73 Å². The number of para-hydroxylation sites is 1. The number of aromatic nitrogens is 2. The highest BCUT2D eigenvalue weighted by atomic mass is 16.6. The van der Waals surface area contributed by atoms with Crippen LogP contribution in [-0.4, -0.2) is 98.1 Å². The number of carbonyl (C=O) groups excluding carboxylic acids is 6. The van der Waals surface area contributed by atoms with E-state index in [0.717, 1.165) is 10.9 Å². The number of phenolic OH excluding ortho intramolecular Hbond substituents is 1. The zero-order chi connectivity index (χ0) is 45.0. The van der Waals surface area contributed by atoms with Gasteiger partial charge in [0.25, 0.3) is 5.91 Å². The molecule has 11 N–H and O–H groups in total. The number of nitrogens with two attached hydrogens (primary N) is 1. The molecule has 328 valence electrons. The minimum atomic E-state index is -1.70. The Morgan fingerprint density at radius 2 is 1.40 bits per heavy atom. The zero-order valence-electron chi connectivity index (χ0n) is 34.6. The molecule has 4 atom stereocenters. The Labute approximate surface area is 356 Å². The van der Waals surface area contributed by atoms with Gasteiger partial charge in [-0.1, -0.05) is 48.5 Å². The number of nitrogens with one attached hydrogen (secondary N) is 7. The fourth-order valence-electron chi connectivity index (χ4n) is 6.73. The van der Waals surface area contributed by atoms with Crippen LogP contribution in [0.4, 0.5) is 4.79 Å². The monoisotopic (exact) mass is 852 g/mol. The van der Waals surface area contributed by atoms with Crippen molar-refractivity contribution in [3.05, 3.63) is 102 Å². The van der Waals surface area contributed by atoms with Crippen molar-refractivity contribution in [3.63, 3.8) is 0 Å². The molecule has 0 unspecified atom stereocenters. The number of aliphatic carboxylic acids is 1. The predicted octanol–water partition coefficient (Wildman–Crippen LogP) is 3.05. The lowest BCUT2D eigenvalue weighted by Gasteiger charge is -2.27. The van der Waals surface area contributed by atoms with Crippen LogP contribution < -0.4 is 32.3 Å². The van der Waals surface area contributed by atoms with Crippen LogP contribution >= 0.6 is 0 Å². The Balaban J connectivity index is 1.34. The maximum absolute atomic E-state index is 14.2. The average Bonchev–Trinajstić information content (AvgIpc) is 3.82. The van der Waals surface area contributed by atoms with Crippen LogP contribution in [0.3, 0.4) is 0 Å². The number of unbranched alkanes of at least 4 members (excludes halogenated alkanes) is 1. The Bertz CT molecular complexity index is 2400. The van der Waals surface area contributed by atoms with Crippen LogP contribution in [0.2, 0.25) is 0 Å². The molecular formula is C44H52N8O10. The Morgan fingerprint density at radius 1 is 0.742 bits per heavy atom. The van der Waals surface area contributed by atoms with Gasteiger partial charge in [0.05, 0.1) is 6.42 Å². The van der Waals surface area contributed by atoms with Crippen molar-refractivity contribution < 1.29 is 48.5 Å². The van der Waals surface area contributed by atoms with E-state index < -0.39 is 77.8 Å². The third kappa shape index (κ3) is 13.3. The number of hydrogen-bond acceptors (Lipinski definition) is 9. The summed E-state index contributed by atoms with van der Waals surface area (Å²) in [5.41, 5.74) is 7.72. The number of fused-ring (bicyclic) bond motifs is 2. The first-order valence-corrected chi connectivity index (χ1v) is 20.1. The first kappa shape index (κ1) is 45.7. The summed E-state index contributed by atoms with van der Waals surface area (Å²) in [5, 5.41) is 33.9. The number of carboxylic acid groups (broad SMARTS) is 1. The van der Waals surface area contributed by atoms with E-state index in [2.05, 4.69) is 36.6 Å². The number of primary amides is 1. The number of aromatic amines is 2. The number of aromatic hydroxyl groups is 1. The van der Waals surface area contributed by atoms with Gasteiger partial charge in [-0.3, -0.25) is 28.8 Å². The average molecular weight is 853 g/mol. The van der Waals surface area contributed by atoms with Crippen LogP contribution in [0.25, 0.3) is 21.8 Å². The van der Waals surface area contributed by atoms with E-state index >= 15 is 0 Å². The lowest BCUT2D eigenvalue weighted by molar-refractivity contribution is -0.141. The normalized spacial score (nSPS) is 13.3. The van der Waals surface area contributed by atoms with Crippen molar-refractivity contribution >= 4 is 63.4 Å². The number of ether oxygens (including phenoxy) is 1. The predicted molar refractivity (Wildman–Crippen MR) is 229 cm³/mol. The number of H-pyrrole nitrogens is 2. The van der Waals surface area contributed by atoms with E-state index in [1.807, 2.05) is 24.3 Å². The Kier molecular flexibility index (Phi) is 15.3. The van der Waals surface area contributed by atoms with Gasteiger partial charge in [-0.2, -0.15) is 0 Å². The minimum Gasteiger partial charge on any atom is -0.508 e. The van der Waals surface area contributed by atoms with Crippen LogP contribution in [0.15, 0.2) is 85.1 Å². The molecule has 0 fully saturated rings. The number of carboxylic acids is 1. The molecule has 0 saturated heterocycles. The highest BCUT2D eigenvalue weighted by Crippen LogP contribution is 2.22. The fourth-order valence-corrected chi connectivity index (χ4v) is 6.73. The van der Waals surface area contributed by atoms with Gasteiger partial charge in [0.15, 0.2) is 0 Å². The molecule has 0 radical (unpaired) electrons. The molecule has 0 aliphatic carbocycles. The van der Waals surface area contributed by atoms with E-state index in [-0.39, 0.29) is 43.7 Å². The van der Waals surface area contributed by atoms with Crippen molar-refractivity contribution in [3.8, 4) is 5.75 Å². The molecule has 2 heterocycles. The number of alkyl carbamates (subject to hydrolysis) is 1. The highest BCUT2D eigenvalue weighted by Gasteiger charge is 2.33. The van der Waals surface area contributed by atoms with Crippen LogP contribution in [0, 0.1) is 0 Å². The molecule has 0 spiro atoms. The van der Waals surface area contributed by atoms with Crippen LogP contribution in [-0.2, 0) is 41.6 Å². The molecule has 6 amide bonds. The molecule has 18 heteroatoms. The van der Waals surface area contributed by atoms with Crippen molar-refractivity contribution in [1.29, 1.82) is 0 Å². The standard InChI is InChI=1S/C44H52N8O10/c1-44(2,3)62-43(61)52-35(22-27-24-47-31-14-8-7-13-29(27)31)41(59)49-32(15-9-10-18-46-39(57)34-21-26-20-28(53)16-17-30(26)48-34)40(58)51-36(23-37(54)55)42(60)50-33(38(45)56)19-25-11-5-4-6-12-25/h4-8,11-14,16-17,20-21,24,32-33,35-36,47-48,53H,9-10,15,18-19,22-23H2,1-3H3,(H2,45,56)(H,46,57)(H,49,59)(H,50,60)(H,51,58)(H,52,61)(H,54,55)/t32-,33-,35-,36-/m0/s1. The summed E-state index contributed by atoms with van der Waals surface area (Å²) in [4.78, 5) is 98.2. The molecule has 3 aromatic carbocycles. The summed E-state index contributed by atoms with van der Waals surface area (Å²) in [6, 6.07) is 16.7. The smallest absolute Gasteiger partial charge is 0.408 e. The molecule has 0 aliphatic heterocycles. The van der Waals surface area contributed by atoms with Crippen molar-refractivity contribution in [2.45, 2.75) is 89.1 Å². The summed E-state index contributed by atoms with van der Waals surface area (Å²) in [7, 11) is 0. The summed E-state index contributed by atoms with van der Waals surface area (Å²) in [6.45, 7) is 5.14. The van der Waals surface area contributed by atoms with Gasteiger partial charge in [0.1, 0.15) is 41.2 Å². The van der Waals surface area contributed by atoms with Crippen LogP contribution in [0.1, 0.15) is 68.1 Å². The Hall–Kier alpha value is -7.37. The number of carbonyl (C=O) groups is 7. The summed E-state index contributed by atoms with van der Waals surface area (Å²) >= 11 is 0. The molecule has 62 heavy (non-hydrogen) atoms. The lowest BCUT2D eigenvalue weighted by Crippen LogP contribution is -2.59. The first-order valence-electron chi connectivity index (χ1n) is 20.1. The van der Waals surface area contributed by atoms with Gasteiger partial charge in [-0.15, -0.1) is 0 Å². The highest BCUT2D eigenvalue weighted by molar-refractivity contribution is 5.99. The molecule has 5 aromatic rings.